The monoisotopic (exact) mass is 283 g/mol. The first-order valence-corrected chi connectivity index (χ1v) is 7.29. The number of rotatable bonds is 4. The molecule has 21 heavy (non-hydrogen) atoms. The first-order chi connectivity index (χ1) is 10.1. The van der Waals surface area contributed by atoms with Crippen molar-refractivity contribution in [1.82, 2.24) is 4.90 Å². The molecule has 0 bridgehead atoms. The Morgan fingerprint density at radius 1 is 1.19 bits per heavy atom. The summed E-state index contributed by atoms with van der Waals surface area (Å²) in [5.74, 6) is -0.817. The third-order valence-corrected chi connectivity index (χ3v) is 4.35. The van der Waals surface area contributed by atoms with Crippen LogP contribution in [0.2, 0.25) is 0 Å². The van der Waals surface area contributed by atoms with Crippen LogP contribution in [-0.4, -0.2) is 22.5 Å². The highest BCUT2D eigenvalue weighted by atomic mass is 16.2. The molecule has 0 radical (unpaired) electrons. The Bertz CT molecular complexity index is 644. The molecule has 0 spiro atoms. The second kappa shape index (κ2) is 4.95. The standard InChI is InChI=1S/C17H17NO3/c1-2-5-14(19)17(18-15(20)8-9-16(18)21)11-10-12-6-3-4-7-13(12)17/h3-4,6-9H,2,5,10-11H2,1H3/t17-/m0/s1. The van der Waals surface area contributed by atoms with Crippen molar-refractivity contribution in [2.45, 2.75) is 38.1 Å². The molecule has 1 aromatic rings. The van der Waals surface area contributed by atoms with E-state index in [9.17, 15) is 14.4 Å². The number of aryl methyl sites for hydroxylation is 1. The summed E-state index contributed by atoms with van der Waals surface area (Å²) in [6, 6.07) is 7.62. The van der Waals surface area contributed by atoms with Gasteiger partial charge in [0.2, 0.25) is 0 Å². The van der Waals surface area contributed by atoms with Gasteiger partial charge in [-0.2, -0.15) is 0 Å². The van der Waals surface area contributed by atoms with Crippen molar-refractivity contribution in [2.24, 2.45) is 0 Å². The summed E-state index contributed by atoms with van der Waals surface area (Å²) in [6.45, 7) is 1.93. The molecule has 3 rings (SSSR count). The Kier molecular flexibility index (Phi) is 3.24. The van der Waals surface area contributed by atoms with Crippen LogP contribution in [0.3, 0.4) is 0 Å². The van der Waals surface area contributed by atoms with Gasteiger partial charge in [-0.05, 0) is 30.4 Å². The van der Waals surface area contributed by atoms with Crippen molar-refractivity contribution in [1.29, 1.82) is 0 Å². The molecule has 1 atom stereocenters. The van der Waals surface area contributed by atoms with E-state index in [4.69, 9.17) is 0 Å². The smallest absolute Gasteiger partial charge is 0.254 e. The summed E-state index contributed by atoms with van der Waals surface area (Å²) < 4.78 is 0. The predicted octanol–water partition coefficient (Wildman–Crippen LogP) is 2.12. The lowest BCUT2D eigenvalue weighted by Gasteiger charge is -2.36. The third kappa shape index (κ3) is 1.86. The van der Waals surface area contributed by atoms with Crippen LogP contribution in [0.4, 0.5) is 0 Å². The van der Waals surface area contributed by atoms with Crippen LogP contribution in [-0.2, 0) is 26.3 Å². The van der Waals surface area contributed by atoms with E-state index in [0.29, 0.717) is 25.7 Å². The topological polar surface area (TPSA) is 54.5 Å². The molecule has 0 aromatic heterocycles. The van der Waals surface area contributed by atoms with Crippen LogP contribution in [0.5, 0.6) is 0 Å². The van der Waals surface area contributed by atoms with E-state index in [1.54, 1.807) is 0 Å². The fourth-order valence-electron chi connectivity index (χ4n) is 3.45. The van der Waals surface area contributed by atoms with Crippen molar-refractivity contribution >= 4 is 17.6 Å². The van der Waals surface area contributed by atoms with Crippen LogP contribution >= 0.6 is 0 Å². The predicted molar refractivity (Wildman–Crippen MR) is 77.3 cm³/mol. The van der Waals surface area contributed by atoms with Crippen LogP contribution in [0.15, 0.2) is 36.4 Å². The van der Waals surface area contributed by atoms with Gasteiger partial charge in [0.15, 0.2) is 5.78 Å². The largest absolute Gasteiger partial charge is 0.297 e. The highest BCUT2D eigenvalue weighted by molar-refractivity contribution is 6.16. The van der Waals surface area contributed by atoms with Crippen molar-refractivity contribution in [2.75, 3.05) is 0 Å². The van der Waals surface area contributed by atoms with Crippen molar-refractivity contribution < 1.29 is 14.4 Å². The quantitative estimate of drug-likeness (QED) is 0.795. The summed E-state index contributed by atoms with van der Waals surface area (Å²) in [6.07, 6.45) is 4.78. The highest BCUT2D eigenvalue weighted by Crippen LogP contribution is 2.44. The SMILES string of the molecule is CCCC(=O)[C@]1(N2C(=O)C=CC2=O)CCc2ccccc21. The molecule has 4 nitrogen and oxygen atoms in total. The van der Waals surface area contributed by atoms with Gasteiger partial charge in [-0.3, -0.25) is 19.3 Å². The van der Waals surface area contributed by atoms with Gasteiger partial charge in [-0.25, -0.2) is 0 Å². The van der Waals surface area contributed by atoms with E-state index in [-0.39, 0.29) is 17.6 Å². The van der Waals surface area contributed by atoms with Gasteiger partial charge in [0, 0.05) is 18.6 Å². The molecule has 1 aliphatic heterocycles. The minimum atomic E-state index is -1.11. The minimum absolute atomic E-state index is 0.0413. The number of carbonyl (C=O) groups is 3. The molecule has 1 aromatic carbocycles. The molecule has 0 N–H and O–H groups in total. The lowest BCUT2D eigenvalue weighted by Crippen LogP contribution is -2.53. The van der Waals surface area contributed by atoms with E-state index in [2.05, 4.69) is 0 Å². The molecular formula is C17H17NO3. The second-order valence-electron chi connectivity index (χ2n) is 5.54. The van der Waals surface area contributed by atoms with Gasteiger partial charge in [-0.15, -0.1) is 0 Å². The number of hydrogen-bond acceptors (Lipinski definition) is 3. The summed E-state index contributed by atoms with van der Waals surface area (Å²) in [4.78, 5) is 38.3. The van der Waals surface area contributed by atoms with E-state index >= 15 is 0 Å². The Labute approximate surface area is 123 Å². The number of hydrogen-bond donors (Lipinski definition) is 0. The summed E-state index contributed by atoms with van der Waals surface area (Å²) in [5.41, 5.74) is 0.757. The van der Waals surface area contributed by atoms with Crippen LogP contribution < -0.4 is 0 Å². The molecule has 108 valence electrons. The Balaban J connectivity index is 2.17. The van der Waals surface area contributed by atoms with Crippen LogP contribution in [0.25, 0.3) is 0 Å². The zero-order valence-electron chi connectivity index (χ0n) is 12.0. The van der Waals surface area contributed by atoms with Crippen molar-refractivity contribution in [3.05, 3.63) is 47.5 Å². The average molecular weight is 283 g/mol. The first-order valence-electron chi connectivity index (χ1n) is 7.29. The second-order valence-corrected chi connectivity index (χ2v) is 5.54. The van der Waals surface area contributed by atoms with Gasteiger partial charge in [-0.1, -0.05) is 31.2 Å². The third-order valence-electron chi connectivity index (χ3n) is 4.35. The van der Waals surface area contributed by atoms with Gasteiger partial charge >= 0.3 is 0 Å². The molecule has 0 fully saturated rings. The molecular weight excluding hydrogens is 266 g/mol. The summed E-state index contributed by atoms with van der Waals surface area (Å²) in [7, 11) is 0. The number of amides is 2. The van der Waals surface area contributed by atoms with Crippen LogP contribution in [0, 0.1) is 0 Å². The molecule has 0 unspecified atom stereocenters. The number of ketones is 1. The van der Waals surface area contributed by atoms with E-state index < -0.39 is 5.54 Å². The molecule has 0 saturated carbocycles. The van der Waals surface area contributed by atoms with Crippen molar-refractivity contribution in [3.63, 3.8) is 0 Å². The van der Waals surface area contributed by atoms with E-state index in [0.717, 1.165) is 16.0 Å². The molecule has 1 aliphatic carbocycles. The Hall–Kier alpha value is -2.23. The lowest BCUT2D eigenvalue weighted by molar-refractivity contribution is -0.152. The van der Waals surface area contributed by atoms with Crippen molar-refractivity contribution in [3.8, 4) is 0 Å². The zero-order valence-corrected chi connectivity index (χ0v) is 12.0. The number of Topliss-reactive ketones (excluding diaryl/α,β-unsaturated/α-hetero) is 1. The first kappa shape index (κ1) is 13.7. The lowest BCUT2D eigenvalue weighted by atomic mass is 9.83. The van der Waals surface area contributed by atoms with Gasteiger partial charge < -0.3 is 0 Å². The number of benzene rings is 1. The highest BCUT2D eigenvalue weighted by Gasteiger charge is 2.53. The Morgan fingerprint density at radius 2 is 1.86 bits per heavy atom. The average Bonchev–Trinajstić information content (AvgIpc) is 3.01. The number of nitrogens with zero attached hydrogens (tertiary/aromatic N) is 1. The van der Waals surface area contributed by atoms with Gasteiger partial charge in [0.25, 0.3) is 11.8 Å². The van der Waals surface area contributed by atoms with E-state index in [1.165, 1.54) is 12.2 Å². The normalized spacial score (nSPS) is 23.8. The summed E-state index contributed by atoms with van der Waals surface area (Å²) >= 11 is 0. The van der Waals surface area contributed by atoms with E-state index in [1.807, 2.05) is 31.2 Å². The maximum Gasteiger partial charge on any atom is 0.254 e. The fourth-order valence-corrected chi connectivity index (χ4v) is 3.45. The van der Waals surface area contributed by atoms with Gasteiger partial charge in [0.05, 0.1) is 0 Å². The molecule has 1 heterocycles. The summed E-state index contributed by atoms with van der Waals surface area (Å²) in [5, 5.41) is 0. The Morgan fingerprint density at radius 3 is 2.52 bits per heavy atom. The molecule has 0 saturated heterocycles. The maximum absolute atomic E-state index is 12.8. The molecule has 4 heteroatoms. The van der Waals surface area contributed by atoms with Crippen LogP contribution in [0.1, 0.15) is 37.3 Å². The molecule has 2 amide bonds. The maximum atomic E-state index is 12.8. The zero-order chi connectivity index (χ0) is 15.0. The number of carbonyl (C=O) groups excluding carboxylic acids is 3. The van der Waals surface area contributed by atoms with Gasteiger partial charge in [0.1, 0.15) is 5.54 Å². The number of imide groups is 1. The minimum Gasteiger partial charge on any atom is -0.297 e. The fraction of sp³-hybridized carbons (Fsp3) is 0.353. The molecule has 2 aliphatic rings. The number of fused-ring (bicyclic) bond motifs is 1.